The Hall–Kier alpha value is -1.78. The zero-order valence-corrected chi connectivity index (χ0v) is 10.0. The fourth-order valence-electron chi connectivity index (χ4n) is 1.27. The molecule has 5 heteroatoms. The Bertz CT molecular complexity index is 458. The van der Waals surface area contributed by atoms with Crippen molar-refractivity contribution in [3.05, 3.63) is 47.0 Å². The van der Waals surface area contributed by atoms with Gasteiger partial charge in [-0.3, -0.25) is 0 Å². The molecule has 0 heterocycles. The number of benzene rings is 1. The van der Waals surface area contributed by atoms with E-state index in [1.165, 1.54) is 12.1 Å². The number of ether oxygens (including phenoxy) is 1. The number of hydrogen-bond donors (Lipinski definition) is 0. The Balaban J connectivity index is 2.90. The number of carbonyl (C=O) groups excluding carboxylic acids is 1. The van der Waals surface area contributed by atoms with Crippen LogP contribution in [0.1, 0.15) is 29.8 Å². The van der Waals surface area contributed by atoms with Gasteiger partial charge in [0.25, 0.3) is 0 Å². The zero-order valence-electron chi connectivity index (χ0n) is 10.0. The molecule has 0 aliphatic rings. The smallest absolute Gasteiger partial charge is 0.417 e. The van der Waals surface area contributed by atoms with Gasteiger partial charge in [-0.2, -0.15) is 13.2 Å². The molecule has 98 valence electrons. The van der Waals surface area contributed by atoms with E-state index >= 15 is 0 Å². The van der Waals surface area contributed by atoms with Crippen LogP contribution >= 0.6 is 0 Å². The number of halogens is 3. The van der Waals surface area contributed by atoms with Gasteiger partial charge in [0.05, 0.1) is 11.1 Å². The molecule has 0 aliphatic carbocycles. The SMILES string of the molecule is CC(C)=CCOC(=O)c1ccccc1C(F)(F)F. The molecule has 0 aromatic heterocycles. The summed E-state index contributed by atoms with van der Waals surface area (Å²) in [4.78, 5) is 11.5. The predicted octanol–water partition coefficient (Wildman–Crippen LogP) is 3.83. The summed E-state index contributed by atoms with van der Waals surface area (Å²) >= 11 is 0. The summed E-state index contributed by atoms with van der Waals surface area (Å²) in [6.45, 7) is 3.57. The largest absolute Gasteiger partial charge is 0.458 e. The fourth-order valence-corrected chi connectivity index (χ4v) is 1.27. The lowest BCUT2D eigenvalue weighted by molar-refractivity contribution is -0.138. The molecule has 0 atom stereocenters. The average molecular weight is 258 g/mol. The third kappa shape index (κ3) is 3.91. The van der Waals surface area contributed by atoms with Crippen molar-refractivity contribution < 1.29 is 22.7 Å². The molecule has 1 aromatic rings. The number of alkyl halides is 3. The molecule has 0 bridgehead atoms. The number of allylic oxidation sites excluding steroid dienone is 1. The van der Waals surface area contributed by atoms with Crippen molar-refractivity contribution in [1.29, 1.82) is 0 Å². The van der Waals surface area contributed by atoms with Crippen LogP contribution in [0.2, 0.25) is 0 Å². The van der Waals surface area contributed by atoms with Gasteiger partial charge in [0, 0.05) is 0 Å². The van der Waals surface area contributed by atoms with E-state index in [9.17, 15) is 18.0 Å². The van der Waals surface area contributed by atoms with Crippen molar-refractivity contribution >= 4 is 5.97 Å². The quantitative estimate of drug-likeness (QED) is 0.608. The molecule has 2 nitrogen and oxygen atoms in total. The standard InChI is InChI=1S/C13H13F3O2/c1-9(2)7-8-18-12(17)10-5-3-4-6-11(10)13(14,15)16/h3-7H,8H2,1-2H3. The van der Waals surface area contributed by atoms with Gasteiger partial charge in [0.1, 0.15) is 6.61 Å². The lowest BCUT2D eigenvalue weighted by atomic mass is 10.1. The van der Waals surface area contributed by atoms with Crippen LogP contribution in [0, 0.1) is 0 Å². The van der Waals surface area contributed by atoms with Crippen LogP contribution in [-0.2, 0) is 10.9 Å². The van der Waals surface area contributed by atoms with E-state index in [0.29, 0.717) is 0 Å². The van der Waals surface area contributed by atoms with Crippen molar-refractivity contribution in [3.8, 4) is 0 Å². The minimum absolute atomic E-state index is 0.0344. The van der Waals surface area contributed by atoms with Gasteiger partial charge in [0.2, 0.25) is 0 Å². The highest BCUT2D eigenvalue weighted by molar-refractivity contribution is 5.91. The summed E-state index contributed by atoms with van der Waals surface area (Å²) in [6, 6.07) is 4.56. The molecule has 0 amide bonds. The van der Waals surface area contributed by atoms with E-state index in [4.69, 9.17) is 4.74 Å². The van der Waals surface area contributed by atoms with E-state index in [-0.39, 0.29) is 6.61 Å². The number of carbonyl (C=O) groups is 1. The summed E-state index contributed by atoms with van der Waals surface area (Å²) in [5.74, 6) is -0.972. The van der Waals surface area contributed by atoms with Gasteiger partial charge in [-0.05, 0) is 32.1 Å². The summed E-state index contributed by atoms with van der Waals surface area (Å²) in [6.07, 6.45) is -2.94. The van der Waals surface area contributed by atoms with Crippen LogP contribution in [0.5, 0.6) is 0 Å². The molecule has 1 aromatic carbocycles. The van der Waals surface area contributed by atoms with Crippen molar-refractivity contribution in [2.24, 2.45) is 0 Å². The van der Waals surface area contributed by atoms with Gasteiger partial charge in [0.15, 0.2) is 0 Å². The summed E-state index contributed by atoms with van der Waals surface area (Å²) < 4.78 is 42.7. The molecule has 0 aliphatic heterocycles. The second kappa shape index (κ2) is 5.71. The molecule has 1 rings (SSSR count). The van der Waals surface area contributed by atoms with E-state index < -0.39 is 23.3 Å². The van der Waals surface area contributed by atoms with Crippen LogP contribution in [0.3, 0.4) is 0 Å². The highest BCUT2D eigenvalue weighted by Crippen LogP contribution is 2.32. The first-order valence-corrected chi connectivity index (χ1v) is 5.29. The number of esters is 1. The molecule has 0 saturated carbocycles. The predicted molar refractivity (Wildman–Crippen MR) is 61.2 cm³/mol. The molecule has 0 saturated heterocycles. The zero-order chi connectivity index (χ0) is 13.8. The molecular weight excluding hydrogens is 245 g/mol. The molecule has 18 heavy (non-hydrogen) atoms. The molecule has 0 spiro atoms. The Kier molecular flexibility index (Phi) is 4.53. The normalized spacial score (nSPS) is 10.9. The molecule has 0 N–H and O–H groups in total. The molecule has 0 unspecified atom stereocenters. The van der Waals surface area contributed by atoms with E-state index in [0.717, 1.165) is 17.7 Å². The second-order valence-electron chi connectivity index (χ2n) is 3.92. The first-order valence-electron chi connectivity index (χ1n) is 5.29. The number of rotatable bonds is 3. The van der Waals surface area contributed by atoms with Crippen LogP contribution in [0.25, 0.3) is 0 Å². The van der Waals surface area contributed by atoms with Crippen molar-refractivity contribution in [2.75, 3.05) is 6.61 Å². The first kappa shape index (κ1) is 14.3. The van der Waals surface area contributed by atoms with Crippen LogP contribution in [-0.4, -0.2) is 12.6 Å². The Morgan fingerprint density at radius 1 is 1.28 bits per heavy atom. The average Bonchev–Trinajstić information content (AvgIpc) is 2.27. The first-order chi connectivity index (χ1) is 8.32. The maximum absolute atomic E-state index is 12.6. The third-order valence-electron chi connectivity index (χ3n) is 2.16. The Morgan fingerprint density at radius 3 is 2.44 bits per heavy atom. The maximum Gasteiger partial charge on any atom is 0.417 e. The summed E-state index contributed by atoms with van der Waals surface area (Å²) in [5, 5.41) is 0. The summed E-state index contributed by atoms with van der Waals surface area (Å²) in [7, 11) is 0. The van der Waals surface area contributed by atoms with Crippen LogP contribution < -0.4 is 0 Å². The number of hydrogen-bond acceptors (Lipinski definition) is 2. The lowest BCUT2D eigenvalue weighted by Gasteiger charge is -2.11. The maximum atomic E-state index is 12.6. The minimum atomic E-state index is -4.56. The fraction of sp³-hybridized carbons (Fsp3) is 0.308. The van der Waals surface area contributed by atoms with Crippen molar-refractivity contribution in [1.82, 2.24) is 0 Å². The summed E-state index contributed by atoms with van der Waals surface area (Å²) in [5.41, 5.74) is -0.522. The van der Waals surface area contributed by atoms with Crippen molar-refractivity contribution in [2.45, 2.75) is 20.0 Å². The molecule has 0 fully saturated rings. The van der Waals surface area contributed by atoms with Crippen LogP contribution in [0.4, 0.5) is 13.2 Å². The Morgan fingerprint density at radius 2 is 1.89 bits per heavy atom. The van der Waals surface area contributed by atoms with Gasteiger partial charge in [-0.25, -0.2) is 4.79 Å². The van der Waals surface area contributed by atoms with E-state index in [1.807, 2.05) is 0 Å². The van der Waals surface area contributed by atoms with Gasteiger partial charge in [-0.1, -0.05) is 17.7 Å². The Labute approximate surface area is 103 Å². The van der Waals surface area contributed by atoms with Gasteiger partial charge >= 0.3 is 12.1 Å². The van der Waals surface area contributed by atoms with E-state index in [1.54, 1.807) is 19.9 Å². The lowest BCUT2D eigenvalue weighted by Crippen LogP contribution is -2.15. The minimum Gasteiger partial charge on any atom is -0.458 e. The molecule has 0 radical (unpaired) electrons. The van der Waals surface area contributed by atoms with Crippen molar-refractivity contribution in [3.63, 3.8) is 0 Å². The second-order valence-corrected chi connectivity index (χ2v) is 3.92. The topological polar surface area (TPSA) is 26.3 Å². The van der Waals surface area contributed by atoms with E-state index in [2.05, 4.69) is 0 Å². The molecular formula is C13H13F3O2. The highest BCUT2D eigenvalue weighted by atomic mass is 19.4. The monoisotopic (exact) mass is 258 g/mol. The van der Waals surface area contributed by atoms with Gasteiger partial charge in [-0.15, -0.1) is 0 Å². The highest BCUT2D eigenvalue weighted by Gasteiger charge is 2.35. The van der Waals surface area contributed by atoms with Gasteiger partial charge < -0.3 is 4.74 Å². The third-order valence-corrected chi connectivity index (χ3v) is 2.16. The van der Waals surface area contributed by atoms with Crippen LogP contribution in [0.15, 0.2) is 35.9 Å².